The van der Waals surface area contributed by atoms with Gasteiger partial charge in [0.1, 0.15) is 11.4 Å². The van der Waals surface area contributed by atoms with Gasteiger partial charge in [-0.3, -0.25) is 9.88 Å². The first kappa shape index (κ1) is 19.6. The van der Waals surface area contributed by atoms with E-state index in [1.807, 2.05) is 30.5 Å². The van der Waals surface area contributed by atoms with E-state index in [1.54, 1.807) is 7.11 Å². The highest BCUT2D eigenvalue weighted by Gasteiger charge is 2.52. The number of hydrogen-bond acceptors (Lipinski definition) is 4. The number of aryl methyl sites for hydroxylation is 1. The standard InChI is InChI=1S/C25H31N3O2/c1-3-28-15-18(22-13-21(30-2)10-11-23(22)28)14-27-16-19-7-6-8-20(17-27)25(19,29)24-9-4-5-12-26-24/h4-5,9-13,15,19-20,29H,3,6-8,14,16-17H2,1-2H3/t19-,20+,25?. The Bertz CT molecular complexity index is 1020. The van der Waals surface area contributed by atoms with Gasteiger partial charge in [0.05, 0.1) is 12.8 Å². The third-order valence-electron chi connectivity index (χ3n) is 7.29. The molecule has 3 aromatic rings. The van der Waals surface area contributed by atoms with Gasteiger partial charge in [0, 0.05) is 61.3 Å². The van der Waals surface area contributed by atoms with Crippen molar-refractivity contribution in [3.05, 3.63) is 60.0 Å². The third kappa shape index (κ3) is 3.12. The van der Waals surface area contributed by atoms with Gasteiger partial charge >= 0.3 is 0 Å². The van der Waals surface area contributed by atoms with Gasteiger partial charge in [0.2, 0.25) is 0 Å². The Kier molecular flexibility index (Phi) is 5.03. The van der Waals surface area contributed by atoms with Crippen LogP contribution in [0.4, 0.5) is 0 Å². The molecular weight excluding hydrogens is 374 g/mol. The van der Waals surface area contributed by atoms with Crippen molar-refractivity contribution in [1.29, 1.82) is 0 Å². The van der Waals surface area contributed by atoms with Crippen LogP contribution in [0.25, 0.3) is 10.9 Å². The zero-order valence-electron chi connectivity index (χ0n) is 17.9. The molecule has 1 saturated carbocycles. The summed E-state index contributed by atoms with van der Waals surface area (Å²) in [5, 5.41) is 13.0. The van der Waals surface area contributed by atoms with E-state index < -0.39 is 5.60 Å². The van der Waals surface area contributed by atoms with Gasteiger partial charge in [-0.1, -0.05) is 12.5 Å². The maximum absolute atomic E-state index is 11.8. The van der Waals surface area contributed by atoms with Crippen molar-refractivity contribution < 1.29 is 9.84 Å². The second-order valence-corrected chi connectivity index (χ2v) is 8.88. The number of fused-ring (bicyclic) bond motifs is 3. The summed E-state index contributed by atoms with van der Waals surface area (Å²) >= 11 is 0. The molecule has 30 heavy (non-hydrogen) atoms. The topological polar surface area (TPSA) is 50.5 Å². The smallest absolute Gasteiger partial charge is 0.119 e. The molecule has 1 N–H and O–H groups in total. The molecule has 0 amide bonds. The number of likely N-dealkylation sites (tertiary alicyclic amines) is 1. The molecule has 5 rings (SSSR count). The number of ether oxygens (including phenoxy) is 1. The molecule has 1 aliphatic heterocycles. The number of pyridine rings is 1. The first-order valence-corrected chi connectivity index (χ1v) is 11.2. The Hall–Kier alpha value is -2.37. The van der Waals surface area contributed by atoms with Gasteiger partial charge in [0.25, 0.3) is 0 Å². The summed E-state index contributed by atoms with van der Waals surface area (Å²) in [6.45, 7) is 5.86. The van der Waals surface area contributed by atoms with Crippen LogP contribution in [0.2, 0.25) is 0 Å². The van der Waals surface area contributed by atoms with Crippen LogP contribution in [-0.2, 0) is 18.7 Å². The van der Waals surface area contributed by atoms with Crippen molar-refractivity contribution in [1.82, 2.24) is 14.5 Å². The number of rotatable bonds is 5. The van der Waals surface area contributed by atoms with Crippen molar-refractivity contribution >= 4 is 10.9 Å². The first-order valence-electron chi connectivity index (χ1n) is 11.2. The molecule has 3 atom stereocenters. The van der Waals surface area contributed by atoms with Crippen LogP contribution in [0.15, 0.2) is 48.8 Å². The molecule has 2 aromatic heterocycles. The maximum atomic E-state index is 11.8. The van der Waals surface area contributed by atoms with E-state index in [-0.39, 0.29) is 11.8 Å². The van der Waals surface area contributed by atoms with Crippen LogP contribution in [0, 0.1) is 11.8 Å². The lowest BCUT2D eigenvalue weighted by molar-refractivity contribution is -0.151. The summed E-state index contributed by atoms with van der Waals surface area (Å²) in [5.41, 5.74) is 2.66. The van der Waals surface area contributed by atoms with Gasteiger partial charge in [-0.15, -0.1) is 0 Å². The van der Waals surface area contributed by atoms with Crippen LogP contribution in [0.5, 0.6) is 5.75 Å². The van der Waals surface area contributed by atoms with E-state index in [1.165, 1.54) is 22.9 Å². The summed E-state index contributed by atoms with van der Waals surface area (Å²) < 4.78 is 7.80. The SMILES string of the molecule is CCn1cc(CN2C[C@H]3CCC[C@@H](C2)C3(O)c2ccccn2)c2cc(OC)ccc21. The molecule has 3 heterocycles. The van der Waals surface area contributed by atoms with E-state index in [4.69, 9.17) is 4.74 Å². The average molecular weight is 406 g/mol. The molecule has 1 saturated heterocycles. The van der Waals surface area contributed by atoms with Crippen LogP contribution in [-0.4, -0.2) is 39.8 Å². The highest BCUT2D eigenvalue weighted by Crippen LogP contribution is 2.48. The quantitative estimate of drug-likeness (QED) is 0.692. The largest absolute Gasteiger partial charge is 0.497 e. The Morgan fingerprint density at radius 2 is 1.97 bits per heavy atom. The lowest BCUT2D eigenvalue weighted by Crippen LogP contribution is -2.58. The zero-order chi connectivity index (χ0) is 20.7. The highest BCUT2D eigenvalue weighted by atomic mass is 16.5. The molecule has 0 radical (unpaired) electrons. The summed E-state index contributed by atoms with van der Waals surface area (Å²) in [4.78, 5) is 7.10. The number of aromatic nitrogens is 2. The van der Waals surface area contributed by atoms with Crippen molar-refractivity contribution in [3.63, 3.8) is 0 Å². The molecule has 5 heteroatoms. The second-order valence-electron chi connectivity index (χ2n) is 8.88. The summed E-state index contributed by atoms with van der Waals surface area (Å²) in [6.07, 6.45) is 7.42. The number of benzene rings is 1. The van der Waals surface area contributed by atoms with Crippen LogP contribution in [0.1, 0.15) is 37.4 Å². The van der Waals surface area contributed by atoms with Gasteiger partial charge < -0.3 is 14.4 Å². The highest BCUT2D eigenvalue weighted by molar-refractivity contribution is 5.85. The van der Waals surface area contributed by atoms with E-state index in [2.05, 4.69) is 39.7 Å². The van der Waals surface area contributed by atoms with E-state index in [9.17, 15) is 5.11 Å². The Balaban J connectivity index is 1.44. The molecule has 1 aliphatic carbocycles. The Morgan fingerprint density at radius 3 is 2.63 bits per heavy atom. The van der Waals surface area contributed by atoms with Gasteiger partial charge in [-0.2, -0.15) is 0 Å². The minimum Gasteiger partial charge on any atom is -0.497 e. The summed E-state index contributed by atoms with van der Waals surface area (Å²) in [6, 6.07) is 12.3. The fraction of sp³-hybridized carbons (Fsp3) is 0.480. The van der Waals surface area contributed by atoms with Crippen molar-refractivity contribution in [2.75, 3.05) is 20.2 Å². The number of aliphatic hydroxyl groups is 1. The number of hydrogen-bond donors (Lipinski definition) is 1. The fourth-order valence-corrected chi connectivity index (χ4v) is 5.80. The predicted octanol–water partition coefficient (Wildman–Crippen LogP) is 4.18. The Morgan fingerprint density at radius 1 is 1.17 bits per heavy atom. The molecule has 1 unspecified atom stereocenters. The monoisotopic (exact) mass is 405 g/mol. The molecule has 5 nitrogen and oxygen atoms in total. The molecule has 2 bridgehead atoms. The number of piperidine rings is 1. The van der Waals surface area contributed by atoms with Crippen molar-refractivity contribution in [2.24, 2.45) is 11.8 Å². The van der Waals surface area contributed by atoms with Gasteiger partial charge in [-0.05, 0) is 55.7 Å². The summed E-state index contributed by atoms with van der Waals surface area (Å²) in [5.74, 6) is 1.36. The van der Waals surface area contributed by atoms with E-state index in [0.717, 1.165) is 50.5 Å². The number of methoxy groups -OCH3 is 1. The summed E-state index contributed by atoms with van der Waals surface area (Å²) in [7, 11) is 1.72. The van der Waals surface area contributed by atoms with Crippen molar-refractivity contribution in [2.45, 2.75) is 44.9 Å². The lowest BCUT2D eigenvalue weighted by atomic mass is 9.64. The molecule has 2 aliphatic rings. The number of nitrogens with zero attached hydrogens (tertiary/aromatic N) is 3. The fourth-order valence-electron chi connectivity index (χ4n) is 5.80. The predicted molar refractivity (Wildman–Crippen MR) is 118 cm³/mol. The van der Waals surface area contributed by atoms with Gasteiger partial charge in [-0.25, -0.2) is 0 Å². The third-order valence-corrected chi connectivity index (χ3v) is 7.29. The lowest BCUT2D eigenvalue weighted by Gasteiger charge is -2.52. The minimum absolute atomic E-state index is 0.231. The van der Waals surface area contributed by atoms with E-state index >= 15 is 0 Å². The first-order chi connectivity index (χ1) is 14.6. The zero-order valence-corrected chi connectivity index (χ0v) is 17.9. The molecular formula is C25H31N3O2. The normalized spacial score (nSPS) is 26.8. The molecule has 1 aromatic carbocycles. The molecule has 2 fully saturated rings. The average Bonchev–Trinajstić information content (AvgIpc) is 3.11. The minimum atomic E-state index is -0.795. The van der Waals surface area contributed by atoms with Crippen LogP contribution < -0.4 is 4.74 Å². The second kappa shape index (κ2) is 7.71. The van der Waals surface area contributed by atoms with Crippen molar-refractivity contribution in [3.8, 4) is 5.75 Å². The maximum Gasteiger partial charge on any atom is 0.119 e. The van der Waals surface area contributed by atoms with Crippen LogP contribution in [0.3, 0.4) is 0 Å². The van der Waals surface area contributed by atoms with Crippen LogP contribution >= 0.6 is 0 Å². The Labute approximate surface area is 178 Å². The van der Waals surface area contributed by atoms with Gasteiger partial charge in [0.15, 0.2) is 0 Å². The van der Waals surface area contributed by atoms with E-state index in [0.29, 0.717) is 0 Å². The molecule has 158 valence electrons. The molecule has 0 spiro atoms.